The molecule has 0 aliphatic heterocycles. The zero-order valence-corrected chi connectivity index (χ0v) is 12.0. The van der Waals surface area contributed by atoms with Crippen LogP contribution >= 0.6 is 0 Å². The Labute approximate surface area is 124 Å². The van der Waals surface area contributed by atoms with Crippen LogP contribution in [-0.2, 0) is 6.54 Å². The first-order chi connectivity index (χ1) is 10.3. The lowest BCUT2D eigenvalue weighted by molar-refractivity contribution is 0.468. The van der Waals surface area contributed by atoms with Crippen molar-refractivity contribution in [2.24, 2.45) is 5.92 Å². The van der Waals surface area contributed by atoms with Crippen molar-refractivity contribution in [3.05, 3.63) is 60.3 Å². The highest BCUT2D eigenvalue weighted by Crippen LogP contribution is 2.47. The molecule has 1 aliphatic carbocycles. The Balaban J connectivity index is 1.52. The number of nitrogens with zero attached hydrogens (tertiary/aromatic N) is 1. The largest absolute Gasteiger partial charge is 0.464 e. The van der Waals surface area contributed by atoms with Crippen LogP contribution in [0.15, 0.2) is 53.2 Å². The number of furan rings is 1. The molecule has 0 radical (unpaired) electrons. The van der Waals surface area contributed by atoms with Gasteiger partial charge in [-0.1, -0.05) is 19.1 Å². The van der Waals surface area contributed by atoms with E-state index in [-0.39, 0.29) is 0 Å². The number of fused-ring (bicyclic) bond motifs is 1. The monoisotopic (exact) mass is 278 g/mol. The van der Waals surface area contributed by atoms with Crippen LogP contribution in [0.5, 0.6) is 0 Å². The van der Waals surface area contributed by atoms with Crippen LogP contribution in [0, 0.1) is 5.92 Å². The summed E-state index contributed by atoms with van der Waals surface area (Å²) in [5, 5.41) is 5.79. The zero-order valence-electron chi connectivity index (χ0n) is 12.0. The van der Waals surface area contributed by atoms with E-state index in [0.717, 1.165) is 28.5 Å². The number of hydrogen-bond donors (Lipinski definition) is 1. The molecule has 21 heavy (non-hydrogen) atoms. The molecule has 4 rings (SSSR count). The first-order valence-corrected chi connectivity index (χ1v) is 7.46. The standard InChI is InChI=1S/C18H18N2O/c1-12-9-15(12)18-6-5-14(21-18)10-20-17-4-2-3-13-7-8-19-11-16(13)17/h2-8,11-12,15,20H,9-10H2,1H3. The predicted octanol–water partition coefficient (Wildman–Crippen LogP) is 4.56. The maximum atomic E-state index is 5.93. The minimum Gasteiger partial charge on any atom is -0.464 e. The van der Waals surface area contributed by atoms with E-state index in [0.29, 0.717) is 12.5 Å². The molecule has 2 aromatic heterocycles. The fourth-order valence-corrected chi connectivity index (χ4v) is 2.86. The van der Waals surface area contributed by atoms with Gasteiger partial charge in [0.05, 0.1) is 6.54 Å². The molecule has 2 heterocycles. The quantitative estimate of drug-likeness (QED) is 0.760. The molecule has 1 aliphatic rings. The van der Waals surface area contributed by atoms with Crippen molar-refractivity contribution in [2.45, 2.75) is 25.8 Å². The number of nitrogens with one attached hydrogen (secondary N) is 1. The van der Waals surface area contributed by atoms with E-state index < -0.39 is 0 Å². The molecule has 3 heteroatoms. The van der Waals surface area contributed by atoms with Crippen molar-refractivity contribution in [3.8, 4) is 0 Å². The Hall–Kier alpha value is -2.29. The lowest BCUT2D eigenvalue weighted by Gasteiger charge is -2.08. The van der Waals surface area contributed by atoms with Crippen LogP contribution in [0.25, 0.3) is 10.8 Å². The molecule has 1 N–H and O–H groups in total. The van der Waals surface area contributed by atoms with Gasteiger partial charge < -0.3 is 9.73 Å². The van der Waals surface area contributed by atoms with E-state index in [1.165, 1.54) is 11.8 Å². The van der Waals surface area contributed by atoms with Crippen molar-refractivity contribution >= 4 is 16.5 Å². The molecule has 0 spiro atoms. The minimum absolute atomic E-state index is 0.639. The van der Waals surface area contributed by atoms with Gasteiger partial charge in [0.1, 0.15) is 11.5 Å². The third-order valence-corrected chi connectivity index (χ3v) is 4.29. The molecular formula is C18H18N2O. The molecule has 3 nitrogen and oxygen atoms in total. The summed E-state index contributed by atoms with van der Waals surface area (Å²) in [7, 11) is 0. The van der Waals surface area contributed by atoms with Gasteiger partial charge in [-0.3, -0.25) is 4.98 Å². The van der Waals surface area contributed by atoms with E-state index in [4.69, 9.17) is 4.42 Å². The number of pyridine rings is 1. The molecule has 1 fully saturated rings. The Morgan fingerprint density at radius 2 is 2.14 bits per heavy atom. The number of rotatable bonds is 4. The van der Waals surface area contributed by atoms with Gasteiger partial charge in [-0.2, -0.15) is 0 Å². The first kappa shape index (κ1) is 12.5. The smallest absolute Gasteiger partial charge is 0.123 e. The van der Waals surface area contributed by atoms with E-state index in [2.05, 4.69) is 47.6 Å². The number of anilines is 1. The summed E-state index contributed by atoms with van der Waals surface area (Å²) in [6, 6.07) is 12.5. The summed E-state index contributed by atoms with van der Waals surface area (Å²) in [5.41, 5.74) is 1.10. The summed E-state index contributed by atoms with van der Waals surface area (Å²) in [4.78, 5) is 4.21. The fraction of sp³-hybridized carbons (Fsp3) is 0.278. The summed E-state index contributed by atoms with van der Waals surface area (Å²) in [6.45, 7) is 2.98. The van der Waals surface area contributed by atoms with Gasteiger partial charge in [-0.15, -0.1) is 0 Å². The lowest BCUT2D eigenvalue weighted by Crippen LogP contribution is -1.98. The molecule has 106 valence electrons. The van der Waals surface area contributed by atoms with Crippen molar-refractivity contribution in [1.82, 2.24) is 4.98 Å². The highest BCUT2D eigenvalue weighted by atomic mass is 16.3. The zero-order chi connectivity index (χ0) is 14.2. The average Bonchev–Trinajstić information content (AvgIpc) is 3.07. The summed E-state index contributed by atoms with van der Waals surface area (Å²) >= 11 is 0. The maximum absolute atomic E-state index is 5.93. The van der Waals surface area contributed by atoms with E-state index in [1.807, 2.05) is 18.5 Å². The Morgan fingerprint density at radius 1 is 1.24 bits per heavy atom. The fourth-order valence-electron chi connectivity index (χ4n) is 2.86. The van der Waals surface area contributed by atoms with Crippen molar-refractivity contribution in [3.63, 3.8) is 0 Å². The average molecular weight is 278 g/mol. The Kier molecular flexibility index (Phi) is 2.92. The van der Waals surface area contributed by atoms with Crippen LogP contribution in [0.1, 0.15) is 30.8 Å². The first-order valence-electron chi connectivity index (χ1n) is 7.46. The molecule has 2 atom stereocenters. The van der Waals surface area contributed by atoms with Crippen LogP contribution in [0.3, 0.4) is 0 Å². The minimum atomic E-state index is 0.639. The van der Waals surface area contributed by atoms with Crippen molar-refractivity contribution < 1.29 is 4.42 Å². The lowest BCUT2D eigenvalue weighted by atomic mass is 10.1. The molecule has 0 amide bonds. The molecule has 0 bridgehead atoms. The van der Waals surface area contributed by atoms with Crippen molar-refractivity contribution in [2.75, 3.05) is 5.32 Å². The maximum Gasteiger partial charge on any atom is 0.123 e. The third kappa shape index (κ3) is 2.40. The van der Waals surface area contributed by atoms with E-state index in [1.54, 1.807) is 0 Å². The summed E-state index contributed by atoms with van der Waals surface area (Å²) < 4.78 is 5.93. The van der Waals surface area contributed by atoms with Gasteiger partial charge in [-0.25, -0.2) is 0 Å². The molecule has 0 saturated heterocycles. The van der Waals surface area contributed by atoms with E-state index in [9.17, 15) is 0 Å². The van der Waals surface area contributed by atoms with Crippen molar-refractivity contribution in [1.29, 1.82) is 0 Å². The Morgan fingerprint density at radius 3 is 3.00 bits per heavy atom. The van der Waals surface area contributed by atoms with Crippen LogP contribution in [0.2, 0.25) is 0 Å². The molecule has 3 aromatic rings. The van der Waals surface area contributed by atoms with Gasteiger partial charge in [0, 0.05) is 29.4 Å². The molecule has 1 aromatic carbocycles. The van der Waals surface area contributed by atoms with Crippen LogP contribution < -0.4 is 5.32 Å². The van der Waals surface area contributed by atoms with Gasteiger partial charge >= 0.3 is 0 Å². The number of aromatic nitrogens is 1. The third-order valence-electron chi connectivity index (χ3n) is 4.29. The molecular weight excluding hydrogens is 260 g/mol. The predicted molar refractivity (Wildman–Crippen MR) is 84.3 cm³/mol. The summed E-state index contributed by atoms with van der Waals surface area (Å²) in [5.74, 6) is 3.55. The second-order valence-corrected chi connectivity index (χ2v) is 5.88. The second-order valence-electron chi connectivity index (χ2n) is 5.88. The Bertz CT molecular complexity index is 772. The number of benzene rings is 1. The van der Waals surface area contributed by atoms with Gasteiger partial charge in [0.15, 0.2) is 0 Å². The molecule has 1 saturated carbocycles. The van der Waals surface area contributed by atoms with Gasteiger partial charge in [-0.05, 0) is 42.0 Å². The second kappa shape index (κ2) is 4.92. The van der Waals surface area contributed by atoms with Crippen LogP contribution in [-0.4, -0.2) is 4.98 Å². The molecule has 2 unspecified atom stereocenters. The van der Waals surface area contributed by atoms with E-state index >= 15 is 0 Å². The number of hydrogen-bond acceptors (Lipinski definition) is 3. The summed E-state index contributed by atoms with van der Waals surface area (Å²) in [6.07, 6.45) is 4.98. The highest BCUT2D eigenvalue weighted by molar-refractivity contribution is 5.92. The van der Waals surface area contributed by atoms with Crippen LogP contribution in [0.4, 0.5) is 5.69 Å². The van der Waals surface area contributed by atoms with Gasteiger partial charge in [0.25, 0.3) is 0 Å². The topological polar surface area (TPSA) is 38.1 Å². The highest BCUT2D eigenvalue weighted by Gasteiger charge is 2.36. The van der Waals surface area contributed by atoms with Gasteiger partial charge in [0.2, 0.25) is 0 Å². The normalized spacial score (nSPS) is 20.6. The SMILES string of the molecule is CC1CC1c1ccc(CNc2cccc3ccncc23)o1.